The van der Waals surface area contributed by atoms with E-state index in [1.165, 1.54) is 5.56 Å². The summed E-state index contributed by atoms with van der Waals surface area (Å²) >= 11 is 0. The van der Waals surface area contributed by atoms with Crippen LogP contribution in [0.5, 0.6) is 0 Å². The molecule has 5 heteroatoms. The van der Waals surface area contributed by atoms with Crippen molar-refractivity contribution in [3.8, 4) is 0 Å². The molecule has 102 valence electrons. The predicted molar refractivity (Wildman–Crippen MR) is 73.0 cm³/mol. The zero-order chi connectivity index (χ0) is 13.2. The first-order chi connectivity index (χ1) is 8.79. The minimum Gasteiger partial charge on any atom is -0.383 e. The molecule has 0 amide bonds. The Balaban J connectivity index is 2.55. The summed E-state index contributed by atoms with van der Waals surface area (Å²) in [5.41, 5.74) is 1.19. The normalized spacial score (nSPS) is 10.6. The van der Waals surface area contributed by atoms with Gasteiger partial charge in [0.25, 0.3) is 0 Å². The largest absolute Gasteiger partial charge is 0.383 e. The molecule has 5 nitrogen and oxygen atoms in total. The molecule has 0 atom stereocenters. The van der Waals surface area contributed by atoms with Crippen molar-refractivity contribution in [1.29, 1.82) is 0 Å². The van der Waals surface area contributed by atoms with Gasteiger partial charge in [-0.2, -0.15) is 0 Å². The summed E-state index contributed by atoms with van der Waals surface area (Å²) in [6.45, 7) is 3.88. The second kappa shape index (κ2) is 8.85. The monoisotopic (exact) mass is 253 g/mol. The molecule has 0 aromatic carbocycles. The van der Waals surface area contributed by atoms with Gasteiger partial charge >= 0.3 is 0 Å². The first-order valence-electron chi connectivity index (χ1n) is 6.13. The molecule has 1 aromatic heterocycles. The van der Waals surface area contributed by atoms with E-state index < -0.39 is 0 Å². The number of ether oxygens (including phenoxy) is 2. The number of aromatic nitrogens is 1. The number of nitrogens with zero attached hydrogens (tertiary/aromatic N) is 2. The average Bonchev–Trinajstić information content (AvgIpc) is 2.41. The highest BCUT2D eigenvalue weighted by Crippen LogP contribution is 2.15. The lowest BCUT2D eigenvalue weighted by molar-refractivity contribution is 0.199. The molecule has 0 saturated heterocycles. The van der Waals surface area contributed by atoms with Crippen molar-refractivity contribution < 1.29 is 9.47 Å². The molecule has 18 heavy (non-hydrogen) atoms. The maximum Gasteiger partial charge on any atom is 0.132 e. The second-order valence-corrected chi connectivity index (χ2v) is 4.07. The van der Waals surface area contributed by atoms with E-state index in [0.29, 0.717) is 6.61 Å². The Kier molecular flexibility index (Phi) is 7.32. The van der Waals surface area contributed by atoms with Crippen molar-refractivity contribution in [2.24, 2.45) is 0 Å². The van der Waals surface area contributed by atoms with E-state index in [-0.39, 0.29) is 0 Å². The van der Waals surface area contributed by atoms with Crippen molar-refractivity contribution in [3.05, 3.63) is 23.9 Å². The molecular formula is C13H23N3O2. The minimum atomic E-state index is 0.698. The van der Waals surface area contributed by atoms with Crippen molar-refractivity contribution in [3.63, 3.8) is 0 Å². The number of rotatable bonds is 9. The van der Waals surface area contributed by atoms with Crippen LogP contribution in [0.4, 0.5) is 5.82 Å². The van der Waals surface area contributed by atoms with Crippen LogP contribution in [0.2, 0.25) is 0 Å². The molecule has 0 radical (unpaired) electrons. The summed E-state index contributed by atoms with van der Waals surface area (Å²) in [4.78, 5) is 6.54. The lowest BCUT2D eigenvalue weighted by atomic mass is 10.2. The van der Waals surface area contributed by atoms with Crippen LogP contribution < -0.4 is 10.2 Å². The van der Waals surface area contributed by atoms with E-state index in [4.69, 9.17) is 9.47 Å². The minimum absolute atomic E-state index is 0.698. The third-order valence-corrected chi connectivity index (χ3v) is 2.66. The molecular weight excluding hydrogens is 230 g/mol. The van der Waals surface area contributed by atoms with E-state index in [9.17, 15) is 0 Å². The van der Waals surface area contributed by atoms with Gasteiger partial charge in [0.2, 0.25) is 0 Å². The van der Waals surface area contributed by atoms with Crippen LogP contribution >= 0.6 is 0 Å². The standard InChI is InChI=1S/C13H23N3O2/c1-16(8-10-18-3)13-12(5-4-6-15-13)11-14-7-9-17-2/h4-6,14H,7-11H2,1-3H3. The Morgan fingerprint density at radius 2 is 2.06 bits per heavy atom. The fraction of sp³-hybridized carbons (Fsp3) is 0.615. The van der Waals surface area contributed by atoms with Crippen LogP contribution in [-0.4, -0.2) is 52.6 Å². The molecule has 0 fully saturated rings. The maximum atomic E-state index is 5.09. The van der Waals surface area contributed by atoms with Gasteiger partial charge in [0.05, 0.1) is 13.2 Å². The topological polar surface area (TPSA) is 46.6 Å². The zero-order valence-electron chi connectivity index (χ0n) is 11.5. The summed E-state index contributed by atoms with van der Waals surface area (Å²) in [5, 5.41) is 3.33. The Hall–Kier alpha value is -1.17. The third kappa shape index (κ3) is 5.00. The molecule has 1 rings (SSSR count). The SMILES string of the molecule is COCCNCc1cccnc1N(C)CCOC. The van der Waals surface area contributed by atoms with Gasteiger partial charge in [-0.3, -0.25) is 0 Å². The number of nitrogens with one attached hydrogen (secondary N) is 1. The van der Waals surface area contributed by atoms with Crippen molar-refractivity contribution in [1.82, 2.24) is 10.3 Å². The molecule has 0 aliphatic carbocycles. The van der Waals surface area contributed by atoms with Gasteiger partial charge in [-0.05, 0) is 6.07 Å². The average molecular weight is 253 g/mol. The highest BCUT2D eigenvalue weighted by Gasteiger charge is 2.07. The summed E-state index contributed by atoms with van der Waals surface area (Å²) in [6, 6.07) is 4.05. The van der Waals surface area contributed by atoms with E-state index >= 15 is 0 Å². The Labute approximate surface area is 109 Å². The quantitative estimate of drug-likeness (QED) is 0.663. The highest BCUT2D eigenvalue weighted by molar-refractivity contribution is 5.45. The summed E-state index contributed by atoms with van der Waals surface area (Å²) in [6.07, 6.45) is 1.82. The van der Waals surface area contributed by atoms with Gasteiger partial charge in [0.1, 0.15) is 5.82 Å². The van der Waals surface area contributed by atoms with Gasteiger partial charge in [-0.15, -0.1) is 0 Å². The van der Waals surface area contributed by atoms with Gasteiger partial charge < -0.3 is 19.7 Å². The lowest BCUT2D eigenvalue weighted by Gasteiger charge is -2.20. The number of hydrogen-bond donors (Lipinski definition) is 1. The molecule has 0 saturated carbocycles. The summed E-state index contributed by atoms with van der Waals surface area (Å²) in [5.74, 6) is 1.000. The second-order valence-electron chi connectivity index (χ2n) is 4.07. The van der Waals surface area contributed by atoms with Crippen LogP contribution in [-0.2, 0) is 16.0 Å². The number of methoxy groups -OCH3 is 2. The van der Waals surface area contributed by atoms with Crippen LogP contribution in [0.15, 0.2) is 18.3 Å². The van der Waals surface area contributed by atoms with E-state index in [2.05, 4.69) is 21.3 Å². The molecule has 1 aromatic rings. The van der Waals surface area contributed by atoms with E-state index in [1.54, 1.807) is 14.2 Å². The first-order valence-corrected chi connectivity index (χ1v) is 6.13. The number of hydrogen-bond acceptors (Lipinski definition) is 5. The fourth-order valence-electron chi connectivity index (χ4n) is 1.64. The lowest BCUT2D eigenvalue weighted by Crippen LogP contribution is -2.26. The molecule has 0 aliphatic rings. The van der Waals surface area contributed by atoms with Gasteiger partial charge in [-0.25, -0.2) is 4.98 Å². The fourth-order valence-corrected chi connectivity index (χ4v) is 1.64. The maximum absolute atomic E-state index is 5.09. The van der Waals surface area contributed by atoms with E-state index in [1.807, 2.05) is 19.3 Å². The molecule has 0 spiro atoms. The predicted octanol–water partition coefficient (Wildman–Crippen LogP) is 0.900. The third-order valence-electron chi connectivity index (χ3n) is 2.66. The molecule has 0 aliphatic heterocycles. The molecule has 1 heterocycles. The van der Waals surface area contributed by atoms with Crippen molar-refractivity contribution in [2.45, 2.75) is 6.54 Å². The van der Waals surface area contributed by atoms with Crippen molar-refractivity contribution >= 4 is 5.82 Å². The van der Waals surface area contributed by atoms with Crippen LogP contribution in [0, 0.1) is 0 Å². The van der Waals surface area contributed by atoms with Crippen LogP contribution in [0.25, 0.3) is 0 Å². The smallest absolute Gasteiger partial charge is 0.132 e. The molecule has 0 bridgehead atoms. The first kappa shape index (κ1) is 14.9. The number of likely N-dealkylation sites (N-methyl/N-ethyl adjacent to an activating group) is 1. The van der Waals surface area contributed by atoms with Crippen LogP contribution in [0.3, 0.4) is 0 Å². The Morgan fingerprint density at radius 3 is 2.78 bits per heavy atom. The summed E-state index contributed by atoms with van der Waals surface area (Å²) in [7, 11) is 5.44. The Bertz CT molecular complexity index is 334. The Morgan fingerprint density at radius 1 is 1.28 bits per heavy atom. The van der Waals surface area contributed by atoms with Crippen LogP contribution in [0.1, 0.15) is 5.56 Å². The highest BCUT2D eigenvalue weighted by atomic mass is 16.5. The van der Waals surface area contributed by atoms with Gasteiger partial charge in [-0.1, -0.05) is 6.07 Å². The number of pyridine rings is 1. The molecule has 1 N–H and O–H groups in total. The van der Waals surface area contributed by atoms with E-state index in [0.717, 1.165) is 32.1 Å². The number of anilines is 1. The van der Waals surface area contributed by atoms with Gasteiger partial charge in [0.15, 0.2) is 0 Å². The van der Waals surface area contributed by atoms with Gasteiger partial charge in [0, 0.05) is 52.7 Å². The molecule has 0 unspecified atom stereocenters. The zero-order valence-corrected chi connectivity index (χ0v) is 11.5. The summed E-state index contributed by atoms with van der Waals surface area (Å²) < 4.78 is 10.1. The van der Waals surface area contributed by atoms with Crippen molar-refractivity contribution in [2.75, 3.05) is 52.5 Å².